The molecule has 2 N–H and O–H groups in total. The minimum absolute atomic E-state index is 0.177. The largest absolute Gasteiger partial charge is 0.388 e. The van der Waals surface area contributed by atoms with E-state index in [9.17, 15) is 15.0 Å². The second-order valence-electron chi connectivity index (χ2n) is 5.31. The molecule has 2 aromatic carbocycles. The van der Waals surface area contributed by atoms with Crippen molar-refractivity contribution in [1.82, 2.24) is 0 Å². The van der Waals surface area contributed by atoms with E-state index in [1.165, 1.54) is 12.1 Å². The fraction of sp³-hybridized carbons (Fsp3) is 0.235. The van der Waals surface area contributed by atoms with E-state index in [2.05, 4.69) is 0 Å². The molecule has 0 fully saturated rings. The number of Topliss-reactive ketones (excluding diaryl/α,β-unsaturated/α-hetero) is 1. The molecule has 128 valence electrons. The Kier molecular flexibility index (Phi) is 6.93. The van der Waals surface area contributed by atoms with Gasteiger partial charge < -0.3 is 10.2 Å². The number of ketones is 1. The van der Waals surface area contributed by atoms with E-state index < -0.39 is 12.2 Å². The fourth-order valence-corrected chi connectivity index (χ4v) is 3.35. The van der Waals surface area contributed by atoms with E-state index in [0.29, 0.717) is 21.2 Å². The molecule has 0 bridgehead atoms. The van der Waals surface area contributed by atoms with Crippen LogP contribution in [0.1, 0.15) is 36.2 Å². The topological polar surface area (TPSA) is 57.5 Å². The Morgan fingerprint density at radius 2 is 1.17 bits per heavy atom. The molecule has 0 aliphatic heterocycles. The van der Waals surface area contributed by atoms with Gasteiger partial charge in [-0.1, -0.05) is 58.5 Å². The third kappa shape index (κ3) is 5.09. The molecular weight excluding hydrogens is 394 g/mol. The zero-order chi connectivity index (χ0) is 17.9. The van der Waals surface area contributed by atoms with Crippen LogP contribution < -0.4 is 0 Å². The molecule has 0 saturated heterocycles. The van der Waals surface area contributed by atoms with Crippen LogP contribution in [0.4, 0.5) is 0 Å². The molecule has 2 aromatic rings. The van der Waals surface area contributed by atoms with E-state index in [1.54, 1.807) is 24.3 Å². The molecular formula is C17H14Cl4O3. The number of rotatable bonds is 6. The Labute approximate surface area is 159 Å². The van der Waals surface area contributed by atoms with Gasteiger partial charge in [0.2, 0.25) is 0 Å². The average molecular weight is 408 g/mol. The third-order valence-corrected chi connectivity index (χ3v) is 4.61. The summed E-state index contributed by atoms with van der Waals surface area (Å²) < 4.78 is 0. The molecule has 0 aliphatic rings. The van der Waals surface area contributed by atoms with Crippen LogP contribution in [-0.4, -0.2) is 16.0 Å². The predicted molar refractivity (Wildman–Crippen MR) is 97.1 cm³/mol. The molecule has 2 unspecified atom stereocenters. The van der Waals surface area contributed by atoms with Crippen LogP contribution in [-0.2, 0) is 4.79 Å². The van der Waals surface area contributed by atoms with E-state index >= 15 is 0 Å². The lowest BCUT2D eigenvalue weighted by Gasteiger charge is -2.15. The van der Waals surface area contributed by atoms with Crippen molar-refractivity contribution in [2.45, 2.75) is 25.0 Å². The Hall–Kier alpha value is -0.810. The number of halogens is 4. The van der Waals surface area contributed by atoms with Gasteiger partial charge in [0.25, 0.3) is 0 Å². The van der Waals surface area contributed by atoms with Gasteiger partial charge in [0.15, 0.2) is 0 Å². The number of aliphatic hydroxyl groups excluding tert-OH is 2. The molecule has 0 saturated carbocycles. The maximum Gasteiger partial charge on any atom is 0.138 e. The average Bonchev–Trinajstić information content (AvgIpc) is 2.46. The van der Waals surface area contributed by atoms with Gasteiger partial charge in [-0.15, -0.1) is 0 Å². The number of hydrogen-bond donors (Lipinski definition) is 2. The van der Waals surface area contributed by atoms with Gasteiger partial charge in [-0.05, 0) is 35.4 Å². The van der Waals surface area contributed by atoms with Gasteiger partial charge in [0, 0.05) is 32.9 Å². The smallest absolute Gasteiger partial charge is 0.138 e. The van der Waals surface area contributed by atoms with E-state index in [4.69, 9.17) is 46.4 Å². The number of carbonyl (C=O) groups is 1. The third-order valence-electron chi connectivity index (χ3n) is 3.49. The van der Waals surface area contributed by atoms with Crippen molar-refractivity contribution < 1.29 is 15.0 Å². The molecule has 0 spiro atoms. The second kappa shape index (κ2) is 8.52. The van der Waals surface area contributed by atoms with Crippen molar-refractivity contribution in [1.29, 1.82) is 0 Å². The van der Waals surface area contributed by atoms with Gasteiger partial charge in [0.05, 0.1) is 12.2 Å². The molecule has 0 heterocycles. The SMILES string of the molecule is O=C(CC(O)c1ccc(Cl)cc1Cl)CC(O)c1ccc(Cl)cc1Cl. The highest BCUT2D eigenvalue weighted by Crippen LogP contribution is 2.31. The Morgan fingerprint density at radius 1 is 0.792 bits per heavy atom. The minimum atomic E-state index is -1.07. The minimum Gasteiger partial charge on any atom is -0.388 e. The molecule has 24 heavy (non-hydrogen) atoms. The molecule has 7 heteroatoms. The first-order chi connectivity index (χ1) is 11.3. The van der Waals surface area contributed by atoms with Crippen molar-refractivity contribution in [3.05, 3.63) is 67.6 Å². The number of hydrogen-bond acceptors (Lipinski definition) is 3. The fourth-order valence-electron chi connectivity index (χ4n) is 2.28. The molecule has 3 nitrogen and oxygen atoms in total. The summed E-state index contributed by atoms with van der Waals surface area (Å²) in [4.78, 5) is 12.1. The second-order valence-corrected chi connectivity index (χ2v) is 7.00. The van der Waals surface area contributed by atoms with Crippen LogP contribution in [0.2, 0.25) is 20.1 Å². The van der Waals surface area contributed by atoms with E-state index in [-0.39, 0.29) is 28.7 Å². The van der Waals surface area contributed by atoms with E-state index in [1.807, 2.05) is 0 Å². The van der Waals surface area contributed by atoms with Crippen LogP contribution in [0.25, 0.3) is 0 Å². The van der Waals surface area contributed by atoms with Crippen molar-refractivity contribution in [2.75, 3.05) is 0 Å². The number of carbonyl (C=O) groups excluding carboxylic acids is 1. The Morgan fingerprint density at radius 3 is 1.50 bits per heavy atom. The van der Waals surface area contributed by atoms with Crippen LogP contribution in [0.5, 0.6) is 0 Å². The first-order valence-electron chi connectivity index (χ1n) is 7.05. The Bertz CT molecular complexity index is 687. The molecule has 0 amide bonds. The van der Waals surface area contributed by atoms with Gasteiger partial charge in [0.1, 0.15) is 5.78 Å². The first-order valence-corrected chi connectivity index (χ1v) is 8.57. The van der Waals surface area contributed by atoms with Gasteiger partial charge >= 0.3 is 0 Å². The zero-order valence-electron chi connectivity index (χ0n) is 12.3. The molecule has 0 radical (unpaired) electrons. The predicted octanol–water partition coefficient (Wildman–Crippen LogP) is 5.42. The maximum atomic E-state index is 12.1. The summed E-state index contributed by atoms with van der Waals surface area (Å²) >= 11 is 23.6. The maximum absolute atomic E-state index is 12.1. The monoisotopic (exact) mass is 406 g/mol. The highest BCUT2D eigenvalue weighted by molar-refractivity contribution is 6.35. The lowest BCUT2D eigenvalue weighted by Crippen LogP contribution is -2.11. The first kappa shape index (κ1) is 19.5. The quantitative estimate of drug-likeness (QED) is 0.672. The zero-order valence-corrected chi connectivity index (χ0v) is 15.4. The standard InChI is InChI=1S/C17H14Cl4O3/c18-9-1-3-12(14(20)5-9)16(23)7-11(22)8-17(24)13-4-2-10(19)6-15(13)21/h1-6,16-17,23-24H,7-8H2. The highest BCUT2D eigenvalue weighted by atomic mass is 35.5. The summed E-state index contributed by atoms with van der Waals surface area (Å²) in [6, 6.07) is 9.28. The van der Waals surface area contributed by atoms with Crippen molar-refractivity contribution in [3.8, 4) is 0 Å². The van der Waals surface area contributed by atoms with Crippen molar-refractivity contribution >= 4 is 52.2 Å². The normalized spacial score (nSPS) is 13.6. The van der Waals surface area contributed by atoms with Crippen LogP contribution in [0.15, 0.2) is 36.4 Å². The Balaban J connectivity index is 2.01. The lowest BCUT2D eigenvalue weighted by atomic mass is 9.98. The molecule has 2 rings (SSSR count). The summed E-state index contributed by atoms with van der Waals surface area (Å²) in [6.07, 6.45) is -2.50. The molecule has 0 aliphatic carbocycles. The summed E-state index contributed by atoms with van der Waals surface area (Å²) in [7, 11) is 0. The van der Waals surface area contributed by atoms with Gasteiger partial charge in [-0.25, -0.2) is 0 Å². The summed E-state index contributed by atoms with van der Waals surface area (Å²) in [6.45, 7) is 0. The van der Waals surface area contributed by atoms with Crippen LogP contribution in [0.3, 0.4) is 0 Å². The number of aliphatic hydroxyl groups is 2. The summed E-state index contributed by atoms with van der Waals surface area (Å²) in [5.74, 6) is -0.327. The number of benzene rings is 2. The lowest BCUT2D eigenvalue weighted by molar-refractivity contribution is -0.123. The highest BCUT2D eigenvalue weighted by Gasteiger charge is 2.20. The van der Waals surface area contributed by atoms with Crippen molar-refractivity contribution in [2.24, 2.45) is 0 Å². The van der Waals surface area contributed by atoms with Gasteiger partial charge in [-0.2, -0.15) is 0 Å². The summed E-state index contributed by atoms with van der Waals surface area (Å²) in [5.41, 5.74) is 0.821. The van der Waals surface area contributed by atoms with Gasteiger partial charge in [-0.3, -0.25) is 4.79 Å². The van der Waals surface area contributed by atoms with Crippen LogP contribution >= 0.6 is 46.4 Å². The van der Waals surface area contributed by atoms with E-state index in [0.717, 1.165) is 0 Å². The summed E-state index contributed by atoms with van der Waals surface area (Å²) in [5, 5.41) is 21.8. The van der Waals surface area contributed by atoms with Crippen LogP contribution in [0, 0.1) is 0 Å². The molecule has 0 aromatic heterocycles. The molecule has 2 atom stereocenters. The van der Waals surface area contributed by atoms with Crippen molar-refractivity contribution in [3.63, 3.8) is 0 Å².